The third kappa shape index (κ3) is 11.3. The van der Waals surface area contributed by atoms with E-state index in [0.717, 1.165) is 13.0 Å². The Morgan fingerprint density at radius 2 is 1.42 bits per heavy atom. The quantitative estimate of drug-likeness (QED) is 0.143. The molecular formula is C29H55NO6. The van der Waals surface area contributed by atoms with Crippen molar-refractivity contribution in [1.82, 2.24) is 5.32 Å². The number of nitrogens with one attached hydrogen (secondary N) is 1. The van der Waals surface area contributed by atoms with Gasteiger partial charge in [-0.1, -0.05) is 90.4 Å². The molecule has 36 heavy (non-hydrogen) atoms. The van der Waals surface area contributed by atoms with Crippen molar-refractivity contribution >= 4 is 5.97 Å². The van der Waals surface area contributed by atoms with Crippen molar-refractivity contribution in [3.63, 3.8) is 0 Å². The molecule has 2 aliphatic heterocycles. The van der Waals surface area contributed by atoms with Crippen molar-refractivity contribution in [3.8, 4) is 0 Å². The van der Waals surface area contributed by atoms with Gasteiger partial charge in [0.05, 0.1) is 13.0 Å². The van der Waals surface area contributed by atoms with Crippen LogP contribution in [0.2, 0.25) is 0 Å². The van der Waals surface area contributed by atoms with E-state index >= 15 is 0 Å². The van der Waals surface area contributed by atoms with E-state index in [9.17, 15) is 4.79 Å². The lowest BCUT2D eigenvalue weighted by atomic mass is 10.00. The predicted octanol–water partition coefficient (Wildman–Crippen LogP) is 6.27. The molecule has 0 aliphatic carbocycles. The fourth-order valence-electron chi connectivity index (χ4n) is 5.41. The van der Waals surface area contributed by atoms with Crippen LogP contribution in [0.25, 0.3) is 0 Å². The van der Waals surface area contributed by atoms with Gasteiger partial charge in [0.1, 0.15) is 18.3 Å². The molecule has 0 unspecified atom stereocenters. The Morgan fingerprint density at radius 1 is 0.861 bits per heavy atom. The zero-order valence-electron chi connectivity index (χ0n) is 23.9. The molecule has 0 bridgehead atoms. The molecule has 212 valence electrons. The summed E-state index contributed by atoms with van der Waals surface area (Å²) in [6.07, 6.45) is 17.6. The van der Waals surface area contributed by atoms with Crippen LogP contribution in [0.3, 0.4) is 0 Å². The first kappa shape index (κ1) is 31.5. The fraction of sp³-hybridized carbons (Fsp3) is 0.966. The van der Waals surface area contributed by atoms with Gasteiger partial charge in [0.25, 0.3) is 0 Å². The van der Waals surface area contributed by atoms with Gasteiger partial charge in [0.2, 0.25) is 0 Å². The van der Waals surface area contributed by atoms with Crippen LogP contribution in [0.1, 0.15) is 124 Å². The number of fused-ring (bicyclic) bond motifs is 1. The number of carbonyl (C=O) groups is 1. The first-order chi connectivity index (χ1) is 17.4. The SMILES string of the molecule is CCCCCCCCCCCCCCCCN[C@H](CC(=O)OCC)[C@@H]1O[C@@H]2OC(C)(C)O[C@@H]2[C@H]1OC. The topological polar surface area (TPSA) is 75.3 Å². The summed E-state index contributed by atoms with van der Waals surface area (Å²) in [5.41, 5.74) is 0. The highest BCUT2D eigenvalue weighted by atomic mass is 16.8. The molecule has 7 nitrogen and oxygen atoms in total. The molecule has 7 heteroatoms. The molecule has 0 aromatic heterocycles. The van der Waals surface area contributed by atoms with Gasteiger partial charge in [-0.3, -0.25) is 4.79 Å². The zero-order chi connectivity index (χ0) is 26.2. The number of esters is 1. The summed E-state index contributed by atoms with van der Waals surface area (Å²) >= 11 is 0. The second-order valence-electron chi connectivity index (χ2n) is 10.9. The number of rotatable bonds is 21. The summed E-state index contributed by atoms with van der Waals surface area (Å²) in [6, 6.07) is -0.211. The Bertz CT molecular complexity index is 586. The minimum atomic E-state index is -0.699. The first-order valence-corrected chi connectivity index (χ1v) is 14.8. The Hall–Kier alpha value is -0.730. The van der Waals surface area contributed by atoms with E-state index in [2.05, 4.69) is 12.2 Å². The average molecular weight is 514 g/mol. The van der Waals surface area contributed by atoms with Gasteiger partial charge in [0.15, 0.2) is 12.1 Å². The van der Waals surface area contributed by atoms with Gasteiger partial charge in [0, 0.05) is 13.2 Å². The maximum absolute atomic E-state index is 12.3. The van der Waals surface area contributed by atoms with Crippen molar-refractivity contribution < 1.29 is 28.5 Å². The van der Waals surface area contributed by atoms with Crippen LogP contribution >= 0.6 is 0 Å². The highest BCUT2D eigenvalue weighted by molar-refractivity contribution is 5.70. The lowest BCUT2D eigenvalue weighted by molar-refractivity contribution is -0.220. The van der Waals surface area contributed by atoms with E-state index in [1.54, 1.807) is 7.11 Å². The van der Waals surface area contributed by atoms with Gasteiger partial charge in [-0.2, -0.15) is 0 Å². The van der Waals surface area contributed by atoms with Crippen LogP contribution in [-0.2, 0) is 28.5 Å². The van der Waals surface area contributed by atoms with Crippen LogP contribution in [0.4, 0.5) is 0 Å². The summed E-state index contributed by atoms with van der Waals surface area (Å²) < 4.78 is 29.1. The molecule has 1 N–H and O–H groups in total. The van der Waals surface area contributed by atoms with Gasteiger partial charge in [-0.25, -0.2) is 0 Å². The van der Waals surface area contributed by atoms with E-state index in [1.165, 1.54) is 83.5 Å². The number of ether oxygens (including phenoxy) is 5. The first-order valence-electron chi connectivity index (χ1n) is 14.8. The average Bonchev–Trinajstić information content (AvgIpc) is 3.32. The van der Waals surface area contributed by atoms with Gasteiger partial charge in [-0.05, 0) is 33.7 Å². The van der Waals surface area contributed by atoms with E-state index in [4.69, 9.17) is 23.7 Å². The molecular weight excluding hydrogens is 458 g/mol. The molecule has 0 aromatic rings. The third-order valence-electron chi connectivity index (χ3n) is 7.32. The van der Waals surface area contributed by atoms with Gasteiger partial charge in [-0.15, -0.1) is 0 Å². The summed E-state index contributed by atoms with van der Waals surface area (Å²) in [5, 5.41) is 3.55. The van der Waals surface area contributed by atoms with Crippen molar-refractivity contribution in [3.05, 3.63) is 0 Å². The number of carbonyl (C=O) groups excluding carboxylic acids is 1. The molecule has 0 aromatic carbocycles. The van der Waals surface area contributed by atoms with Crippen LogP contribution in [-0.4, -0.2) is 62.7 Å². The molecule has 0 spiro atoms. The highest BCUT2D eigenvalue weighted by Crippen LogP contribution is 2.39. The Balaban J connectivity index is 1.62. The molecule has 2 fully saturated rings. The van der Waals surface area contributed by atoms with Gasteiger partial charge >= 0.3 is 5.97 Å². The van der Waals surface area contributed by atoms with E-state index in [0.29, 0.717) is 6.61 Å². The monoisotopic (exact) mass is 513 g/mol. The molecule has 2 saturated heterocycles. The summed E-state index contributed by atoms with van der Waals surface area (Å²) in [5.74, 6) is -0.927. The van der Waals surface area contributed by atoms with Crippen molar-refractivity contribution in [2.75, 3.05) is 20.3 Å². The molecule has 2 aliphatic rings. The van der Waals surface area contributed by atoms with E-state index < -0.39 is 12.1 Å². The highest BCUT2D eigenvalue weighted by Gasteiger charge is 2.56. The maximum atomic E-state index is 12.3. The van der Waals surface area contributed by atoms with Crippen LogP contribution in [0, 0.1) is 0 Å². The molecule has 2 rings (SSSR count). The molecule has 0 amide bonds. The summed E-state index contributed by atoms with van der Waals surface area (Å²) in [4.78, 5) is 12.3. The lowest BCUT2D eigenvalue weighted by Crippen LogP contribution is -2.49. The van der Waals surface area contributed by atoms with Crippen LogP contribution < -0.4 is 5.32 Å². The van der Waals surface area contributed by atoms with Gasteiger partial charge < -0.3 is 29.0 Å². The zero-order valence-corrected chi connectivity index (χ0v) is 23.9. The smallest absolute Gasteiger partial charge is 0.307 e. The molecule has 2 heterocycles. The summed E-state index contributed by atoms with van der Waals surface area (Å²) in [7, 11) is 1.66. The fourth-order valence-corrected chi connectivity index (χ4v) is 5.41. The lowest BCUT2D eigenvalue weighted by Gasteiger charge is -2.30. The Labute approximate surface area is 220 Å². The molecule has 5 atom stereocenters. The number of hydrogen-bond acceptors (Lipinski definition) is 7. The summed E-state index contributed by atoms with van der Waals surface area (Å²) in [6.45, 7) is 9.06. The number of unbranched alkanes of at least 4 members (excludes halogenated alkanes) is 13. The Morgan fingerprint density at radius 3 is 1.94 bits per heavy atom. The second kappa shape index (κ2) is 17.7. The van der Waals surface area contributed by atoms with E-state index in [-0.39, 0.29) is 36.7 Å². The minimum absolute atomic E-state index is 0.211. The van der Waals surface area contributed by atoms with E-state index in [1.807, 2.05) is 20.8 Å². The van der Waals surface area contributed by atoms with Crippen molar-refractivity contribution in [1.29, 1.82) is 0 Å². The third-order valence-corrected chi connectivity index (χ3v) is 7.32. The predicted molar refractivity (Wildman–Crippen MR) is 143 cm³/mol. The maximum Gasteiger partial charge on any atom is 0.307 e. The van der Waals surface area contributed by atoms with Crippen molar-refractivity contribution in [2.45, 2.75) is 160 Å². The molecule has 0 radical (unpaired) electrons. The normalized spacial score (nSPS) is 25.7. The van der Waals surface area contributed by atoms with Crippen LogP contribution in [0.5, 0.6) is 0 Å². The second-order valence-corrected chi connectivity index (χ2v) is 10.9. The number of methoxy groups -OCH3 is 1. The standard InChI is InChI=1S/C29H55NO6/c1-6-8-9-10-11-12-13-14-15-16-17-18-19-20-21-30-23(22-24(31)33-7-2)25-26(32-5)27-28(34-25)36-29(3,4)35-27/h23,25-28,30H,6-22H2,1-5H3/t23-,25+,26+,27-,28-/m1/s1. The minimum Gasteiger partial charge on any atom is -0.466 e. The largest absolute Gasteiger partial charge is 0.466 e. The Kier molecular flexibility index (Phi) is 15.5. The van der Waals surface area contributed by atoms with Crippen LogP contribution in [0.15, 0.2) is 0 Å². The molecule has 0 saturated carbocycles. The van der Waals surface area contributed by atoms with Crippen molar-refractivity contribution in [2.24, 2.45) is 0 Å². The number of hydrogen-bond donors (Lipinski definition) is 1.